The number of imide groups is 1. The maximum Gasteiger partial charge on any atom is 0.240 e. The summed E-state index contributed by atoms with van der Waals surface area (Å²) in [6.45, 7) is 2.46. The van der Waals surface area contributed by atoms with Gasteiger partial charge < -0.3 is 4.90 Å². The van der Waals surface area contributed by atoms with Gasteiger partial charge in [-0.2, -0.15) is 0 Å². The third kappa shape index (κ3) is 4.44. The van der Waals surface area contributed by atoms with Gasteiger partial charge in [-0.05, 0) is 29.2 Å². The van der Waals surface area contributed by atoms with Crippen LogP contribution < -0.4 is 0 Å². The lowest BCUT2D eigenvalue weighted by Gasteiger charge is -2.29. The van der Waals surface area contributed by atoms with Crippen molar-refractivity contribution in [2.24, 2.45) is 0 Å². The summed E-state index contributed by atoms with van der Waals surface area (Å²) in [5.41, 5.74) is 3.77. The van der Waals surface area contributed by atoms with Crippen LogP contribution in [0.1, 0.15) is 29.5 Å². The lowest BCUT2D eigenvalue weighted by Crippen LogP contribution is -2.41. The molecule has 1 fully saturated rings. The van der Waals surface area contributed by atoms with Crippen molar-refractivity contribution in [1.82, 2.24) is 9.80 Å². The number of benzene rings is 3. The molecule has 1 aliphatic heterocycles. The van der Waals surface area contributed by atoms with Gasteiger partial charge in [0.05, 0.1) is 5.41 Å². The normalized spacial score (nSPS) is 18.0. The molecule has 5 heteroatoms. The minimum Gasteiger partial charge on any atom is -0.341 e. The molecule has 0 radical (unpaired) electrons. The zero-order valence-corrected chi connectivity index (χ0v) is 19.2. The lowest BCUT2D eigenvalue weighted by molar-refractivity contribution is -0.141. The number of hydrogen-bond acceptors (Lipinski definition) is 3. The Morgan fingerprint density at radius 1 is 0.909 bits per heavy atom. The Kier molecular flexibility index (Phi) is 6.14. The van der Waals surface area contributed by atoms with Crippen LogP contribution in [0.3, 0.4) is 0 Å². The Bertz CT molecular complexity index is 1170. The quantitative estimate of drug-likeness (QED) is 0.536. The standard InChI is InChI=1S/C28H28N2O3/c1-20-9-11-21(12-10-20)19-29(2)25(31)17-28(18-26(32)30(3)27(28)33)24-15-13-23(14-16-24)22-7-5-4-6-8-22/h4-16H,17-19H2,1-3H3. The van der Waals surface area contributed by atoms with Crippen molar-refractivity contribution in [3.63, 3.8) is 0 Å². The number of carbonyl (C=O) groups is 3. The van der Waals surface area contributed by atoms with Crippen LogP contribution in [0.2, 0.25) is 0 Å². The SMILES string of the molecule is Cc1ccc(CN(C)C(=O)CC2(c3ccc(-c4ccccc4)cc3)CC(=O)N(C)C2=O)cc1. The molecule has 0 spiro atoms. The van der Waals surface area contributed by atoms with Crippen molar-refractivity contribution in [1.29, 1.82) is 0 Å². The van der Waals surface area contributed by atoms with Crippen molar-refractivity contribution in [3.8, 4) is 11.1 Å². The number of carbonyl (C=O) groups excluding carboxylic acids is 3. The fourth-order valence-corrected chi connectivity index (χ4v) is 4.41. The number of likely N-dealkylation sites (N-methyl/N-ethyl adjacent to an activating group) is 1. The Labute approximate surface area is 194 Å². The van der Waals surface area contributed by atoms with Crippen molar-refractivity contribution >= 4 is 17.7 Å². The summed E-state index contributed by atoms with van der Waals surface area (Å²) in [5, 5.41) is 0. The van der Waals surface area contributed by atoms with Crippen LogP contribution >= 0.6 is 0 Å². The summed E-state index contributed by atoms with van der Waals surface area (Å²) in [6, 6.07) is 25.6. The molecule has 0 N–H and O–H groups in total. The number of nitrogens with zero attached hydrogens (tertiary/aromatic N) is 2. The van der Waals surface area contributed by atoms with Gasteiger partial charge in [0.1, 0.15) is 0 Å². The van der Waals surface area contributed by atoms with Crippen LogP contribution in [0.25, 0.3) is 11.1 Å². The Hall–Kier alpha value is -3.73. The van der Waals surface area contributed by atoms with Crippen LogP contribution in [-0.2, 0) is 26.3 Å². The van der Waals surface area contributed by atoms with E-state index in [1.54, 1.807) is 11.9 Å². The highest BCUT2D eigenvalue weighted by Crippen LogP contribution is 2.40. The molecule has 3 amide bonds. The number of hydrogen-bond donors (Lipinski definition) is 0. The van der Waals surface area contributed by atoms with Crippen molar-refractivity contribution in [2.45, 2.75) is 31.7 Å². The van der Waals surface area contributed by atoms with E-state index in [9.17, 15) is 14.4 Å². The van der Waals surface area contributed by atoms with E-state index in [0.717, 1.165) is 27.2 Å². The van der Waals surface area contributed by atoms with E-state index in [-0.39, 0.29) is 30.6 Å². The Morgan fingerprint density at radius 2 is 1.52 bits per heavy atom. The summed E-state index contributed by atoms with van der Waals surface area (Å²) in [5.74, 6) is -0.752. The predicted molar refractivity (Wildman–Crippen MR) is 128 cm³/mol. The Balaban J connectivity index is 1.61. The van der Waals surface area contributed by atoms with Gasteiger partial charge in [0.2, 0.25) is 17.7 Å². The van der Waals surface area contributed by atoms with E-state index < -0.39 is 5.41 Å². The summed E-state index contributed by atoms with van der Waals surface area (Å²) in [4.78, 5) is 41.8. The average molecular weight is 441 g/mol. The first-order valence-corrected chi connectivity index (χ1v) is 11.1. The molecule has 0 bridgehead atoms. The van der Waals surface area contributed by atoms with Crippen LogP contribution in [0, 0.1) is 6.92 Å². The fourth-order valence-electron chi connectivity index (χ4n) is 4.41. The molecule has 1 unspecified atom stereocenters. The van der Waals surface area contributed by atoms with Crippen LogP contribution in [0.15, 0.2) is 78.9 Å². The molecule has 168 valence electrons. The first-order valence-electron chi connectivity index (χ1n) is 11.1. The molecular weight excluding hydrogens is 412 g/mol. The molecule has 1 aliphatic rings. The minimum atomic E-state index is -1.18. The van der Waals surface area contributed by atoms with Gasteiger partial charge in [-0.3, -0.25) is 19.3 Å². The zero-order chi connectivity index (χ0) is 23.6. The molecule has 33 heavy (non-hydrogen) atoms. The smallest absolute Gasteiger partial charge is 0.240 e. The van der Waals surface area contributed by atoms with Crippen molar-refractivity contribution in [2.75, 3.05) is 14.1 Å². The summed E-state index contributed by atoms with van der Waals surface area (Å²) in [6.07, 6.45) is -0.0495. The second-order valence-corrected chi connectivity index (χ2v) is 8.87. The highest BCUT2D eigenvalue weighted by molar-refractivity contribution is 6.10. The molecule has 4 rings (SSSR count). The maximum atomic E-state index is 13.3. The molecule has 1 heterocycles. The fraction of sp³-hybridized carbons (Fsp3) is 0.250. The third-order valence-electron chi connectivity index (χ3n) is 6.50. The molecule has 1 atom stereocenters. The predicted octanol–water partition coefficient (Wildman–Crippen LogP) is 4.34. The first-order chi connectivity index (χ1) is 15.8. The van der Waals surface area contributed by atoms with Gasteiger partial charge in [0, 0.05) is 33.5 Å². The maximum absolute atomic E-state index is 13.3. The number of aryl methyl sites for hydroxylation is 1. The monoisotopic (exact) mass is 440 g/mol. The molecule has 3 aromatic rings. The summed E-state index contributed by atoms with van der Waals surface area (Å²) < 4.78 is 0. The van der Waals surface area contributed by atoms with E-state index >= 15 is 0 Å². The van der Waals surface area contributed by atoms with E-state index in [1.165, 1.54) is 7.05 Å². The molecule has 3 aromatic carbocycles. The van der Waals surface area contributed by atoms with E-state index in [0.29, 0.717) is 12.1 Å². The topological polar surface area (TPSA) is 57.7 Å². The highest BCUT2D eigenvalue weighted by atomic mass is 16.2. The molecule has 0 aromatic heterocycles. The van der Waals surface area contributed by atoms with Crippen molar-refractivity contribution < 1.29 is 14.4 Å². The second-order valence-electron chi connectivity index (χ2n) is 8.87. The second kappa shape index (κ2) is 9.02. The van der Waals surface area contributed by atoms with Gasteiger partial charge in [0.25, 0.3) is 0 Å². The minimum absolute atomic E-state index is 0.00285. The molecule has 0 aliphatic carbocycles. The van der Waals surface area contributed by atoms with Crippen LogP contribution in [0.4, 0.5) is 0 Å². The summed E-state index contributed by atoms with van der Waals surface area (Å²) >= 11 is 0. The molecular formula is C28H28N2O3. The van der Waals surface area contributed by atoms with E-state index in [4.69, 9.17) is 0 Å². The Morgan fingerprint density at radius 3 is 2.09 bits per heavy atom. The molecule has 5 nitrogen and oxygen atoms in total. The number of amides is 3. The molecule has 0 saturated carbocycles. The summed E-state index contributed by atoms with van der Waals surface area (Å²) in [7, 11) is 3.23. The zero-order valence-electron chi connectivity index (χ0n) is 19.2. The lowest BCUT2D eigenvalue weighted by atomic mass is 9.75. The van der Waals surface area contributed by atoms with Gasteiger partial charge in [-0.25, -0.2) is 0 Å². The average Bonchev–Trinajstić information content (AvgIpc) is 3.05. The van der Waals surface area contributed by atoms with E-state index in [1.807, 2.05) is 85.8 Å². The number of likely N-dealkylation sites (tertiary alicyclic amines) is 1. The van der Waals surface area contributed by atoms with E-state index in [2.05, 4.69) is 0 Å². The third-order valence-corrected chi connectivity index (χ3v) is 6.50. The van der Waals surface area contributed by atoms with Gasteiger partial charge in [-0.15, -0.1) is 0 Å². The molecule has 1 saturated heterocycles. The van der Waals surface area contributed by atoms with Gasteiger partial charge in [0.15, 0.2) is 0 Å². The van der Waals surface area contributed by atoms with Crippen LogP contribution in [0.5, 0.6) is 0 Å². The van der Waals surface area contributed by atoms with Crippen molar-refractivity contribution in [3.05, 3.63) is 95.6 Å². The first kappa shape index (κ1) is 22.5. The highest BCUT2D eigenvalue weighted by Gasteiger charge is 2.52. The largest absolute Gasteiger partial charge is 0.341 e. The van der Waals surface area contributed by atoms with Crippen LogP contribution in [-0.4, -0.2) is 41.6 Å². The number of rotatable bonds is 6. The van der Waals surface area contributed by atoms with Gasteiger partial charge in [-0.1, -0.05) is 84.4 Å². The van der Waals surface area contributed by atoms with Gasteiger partial charge >= 0.3 is 0 Å².